The smallest absolute Gasteiger partial charge is 0.138 e. The molecule has 19 heavy (non-hydrogen) atoms. The Bertz CT molecular complexity index is 812. The van der Waals surface area contributed by atoms with Gasteiger partial charge in [-0.3, -0.25) is 0 Å². The fourth-order valence-corrected chi connectivity index (χ4v) is 2.10. The molecule has 3 nitrogen and oxygen atoms in total. The van der Waals surface area contributed by atoms with Gasteiger partial charge < -0.3 is 4.98 Å². The topological polar surface area (TPSA) is 52.5 Å². The van der Waals surface area contributed by atoms with Crippen molar-refractivity contribution < 1.29 is 4.39 Å². The molecule has 4 heteroatoms. The van der Waals surface area contributed by atoms with Crippen molar-refractivity contribution in [2.24, 2.45) is 0 Å². The minimum Gasteiger partial charge on any atom is -0.338 e. The Morgan fingerprint density at radius 1 is 1.26 bits per heavy atom. The fraction of sp³-hybridized carbons (Fsp3) is 0.0667. The molecule has 92 valence electrons. The van der Waals surface area contributed by atoms with Gasteiger partial charge in [0.1, 0.15) is 23.2 Å². The Kier molecular flexibility index (Phi) is 2.53. The summed E-state index contributed by atoms with van der Waals surface area (Å²) in [4.78, 5) is 7.54. The first kappa shape index (κ1) is 11.4. The number of nitrogens with one attached hydrogen (secondary N) is 1. The van der Waals surface area contributed by atoms with Gasteiger partial charge >= 0.3 is 0 Å². The summed E-state index contributed by atoms with van der Waals surface area (Å²) in [5.41, 5.74) is 3.54. The number of fused-ring (bicyclic) bond motifs is 1. The van der Waals surface area contributed by atoms with Crippen LogP contribution in [0.3, 0.4) is 0 Å². The van der Waals surface area contributed by atoms with Gasteiger partial charge in [-0.25, -0.2) is 9.37 Å². The van der Waals surface area contributed by atoms with E-state index in [4.69, 9.17) is 5.26 Å². The zero-order valence-electron chi connectivity index (χ0n) is 10.2. The van der Waals surface area contributed by atoms with Crippen molar-refractivity contribution in [1.82, 2.24) is 9.97 Å². The molecule has 0 saturated carbocycles. The maximum absolute atomic E-state index is 13.3. The van der Waals surface area contributed by atoms with Crippen LogP contribution < -0.4 is 0 Å². The average Bonchev–Trinajstić information content (AvgIpc) is 2.85. The number of nitrogens with zero attached hydrogens (tertiary/aromatic N) is 2. The number of imidazole rings is 1. The quantitative estimate of drug-likeness (QED) is 0.719. The lowest BCUT2D eigenvalue weighted by Gasteiger charge is -2.01. The molecule has 1 aromatic heterocycles. The predicted octanol–water partition coefficient (Wildman–Crippen LogP) is 3.55. The number of para-hydroxylation sites is 1. The van der Waals surface area contributed by atoms with Crippen molar-refractivity contribution >= 4 is 11.0 Å². The molecule has 0 radical (unpaired) electrons. The molecular formula is C15H10FN3. The maximum atomic E-state index is 13.3. The van der Waals surface area contributed by atoms with Gasteiger partial charge in [0.25, 0.3) is 0 Å². The fourth-order valence-electron chi connectivity index (χ4n) is 2.10. The molecule has 3 rings (SSSR count). The number of aryl methyl sites for hydroxylation is 1. The van der Waals surface area contributed by atoms with Crippen LogP contribution in [0, 0.1) is 24.1 Å². The molecule has 0 unspecified atom stereocenters. The molecule has 1 heterocycles. The van der Waals surface area contributed by atoms with Crippen molar-refractivity contribution in [3.63, 3.8) is 0 Å². The average molecular weight is 251 g/mol. The number of hydrogen-bond donors (Lipinski definition) is 1. The van der Waals surface area contributed by atoms with Gasteiger partial charge in [-0.1, -0.05) is 12.1 Å². The van der Waals surface area contributed by atoms with Gasteiger partial charge in [-0.15, -0.1) is 0 Å². The highest BCUT2D eigenvalue weighted by Gasteiger charge is 2.11. The molecule has 0 bridgehead atoms. The van der Waals surface area contributed by atoms with Crippen molar-refractivity contribution in [2.45, 2.75) is 6.92 Å². The van der Waals surface area contributed by atoms with Crippen LogP contribution >= 0.6 is 0 Å². The van der Waals surface area contributed by atoms with E-state index in [-0.39, 0.29) is 5.82 Å². The van der Waals surface area contributed by atoms with E-state index in [2.05, 4.69) is 16.0 Å². The third-order valence-electron chi connectivity index (χ3n) is 3.09. The summed E-state index contributed by atoms with van der Waals surface area (Å²) in [6.45, 7) is 1.90. The van der Waals surface area contributed by atoms with Crippen LogP contribution in [0.15, 0.2) is 36.4 Å². The molecule has 0 atom stereocenters. The van der Waals surface area contributed by atoms with Gasteiger partial charge in [-0.05, 0) is 36.8 Å². The Labute approximate surface area is 109 Å². The van der Waals surface area contributed by atoms with Gasteiger partial charge in [0.15, 0.2) is 0 Å². The van der Waals surface area contributed by atoms with Crippen LogP contribution in [0.2, 0.25) is 0 Å². The summed E-state index contributed by atoms with van der Waals surface area (Å²) < 4.78 is 13.3. The normalized spacial score (nSPS) is 10.6. The Balaban J connectivity index is 2.27. The Morgan fingerprint density at radius 3 is 2.89 bits per heavy atom. The molecule has 0 aliphatic rings. The molecule has 0 aliphatic heterocycles. The third kappa shape index (κ3) is 1.85. The van der Waals surface area contributed by atoms with Crippen LogP contribution in [0.25, 0.3) is 22.4 Å². The predicted molar refractivity (Wildman–Crippen MR) is 70.9 cm³/mol. The van der Waals surface area contributed by atoms with Gasteiger partial charge in [0.05, 0.1) is 11.1 Å². The molecule has 2 aromatic carbocycles. The lowest BCUT2D eigenvalue weighted by atomic mass is 10.1. The molecule has 0 fully saturated rings. The molecular weight excluding hydrogens is 241 g/mol. The molecule has 0 saturated heterocycles. The molecule has 1 N–H and O–H groups in total. The van der Waals surface area contributed by atoms with Crippen LogP contribution in [-0.2, 0) is 0 Å². The summed E-state index contributed by atoms with van der Waals surface area (Å²) >= 11 is 0. The molecule has 0 aliphatic carbocycles. The van der Waals surface area contributed by atoms with Crippen molar-refractivity contribution in [3.8, 4) is 17.5 Å². The lowest BCUT2D eigenvalue weighted by Crippen LogP contribution is -1.87. The largest absolute Gasteiger partial charge is 0.338 e. The number of aromatic nitrogens is 2. The van der Waals surface area contributed by atoms with Crippen molar-refractivity contribution in [1.29, 1.82) is 5.26 Å². The van der Waals surface area contributed by atoms with E-state index in [1.807, 2.05) is 13.0 Å². The number of halogens is 1. The second-order valence-electron chi connectivity index (χ2n) is 4.36. The van der Waals surface area contributed by atoms with Crippen molar-refractivity contribution in [3.05, 3.63) is 53.3 Å². The highest BCUT2D eigenvalue weighted by Crippen LogP contribution is 2.25. The summed E-state index contributed by atoms with van der Waals surface area (Å²) in [6.07, 6.45) is 0. The zero-order chi connectivity index (χ0) is 13.4. The van der Waals surface area contributed by atoms with Gasteiger partial charge in [0, 0.05) is 5.56 Å². The first-order valence-electron chi connectivity index (χ1n) is 5.84. The van der Waals surface area contributed by atoms with E-state index in [1.54, 1.807) is 18.2 Å². The van der Waals surface area contributed by atoms with Gasteiger partial charge in [0.2, 0.25) is 0 Å². The zero-order valence-corrected chi connectivity index (χ0v) is 10.2. The molecule has 3 aromatic rings. The highest BCUT2D eigenvalue weighted by molar-refractivity contribution is 5.84. The SMILES string of the molecule is Cc1ccc(F)cc1-c1nc2c(C#N)cccc2[nH]1. The minimum atomic E-state index is -0.304. The number of rotatable bonds is 1. The van der Waals surface area contributed by atoms with Crippen LogP contribution in [0.5, 0.6) is 0 Å². The monoisotopic (exact) mass is 251 g/mol. The van der Waals surface area contributed by atoms with E-state index in [1.165, 1.54) is 12.1 Å². The van der Waals surface area contributed by atoms with E-state index < -0.39 is 0 Å². The Morgan fingerprint density at radius 2 is 2.11 bits per heavy atom. The Hall–Kier alpha value is -2.67. The second kappa shape index (κ2) is 4.21. The molecule has 0 spiro atoms. The molecule has 0 amide bonds. The number of nitriles is 1. The first-order chi connectivity index (χ1) is 9.19. The second-order valence-corrected chi connectivity index (χ2v) is 4.36. The summed E-state index contributed by atoms with van der Waals surface area (Å²) in [7, 11) is 0. The van der Waals surface area contributed by atoms with E-state index in [0.29, 0.717) is 22.5 Å². The number of H-pyrrole nitrogens is 1. The lowest BCUT2D eigenvalue weighted by molar-refractivity contribution is 0.628. The van der Waals surface area contributed by atoms with Crippen molar-refractivity contribution in [2.75, 3.05) is 0 Å². The number of aromatic amines is 1. The van der Waals surface area contributed by atoms with Crippen LogP contribution in [-0.4, -0.2) is 9.97 Å². The van der Waals surface area contributed by atoms with Gasteiger partial charge in [-0.2, -0.15) is 5.26 Å². The first-order valence-corrected chi connectivity index (χ1v) is 5.84. The number of hydrogen-bond acceptors (Lipinski definition) is 2. The summed E-state index contributed by atoms with van der Waals surface area (Å²) in [6, 6.07) is 12.0. The maximum Gasteiger partial charge on any atom is 0.138 e. The standard InChI is InChI=1S/C15H10FN3/c1-9-5-6-11(16)7-12(9)15-18-13-4-2-3-10(8-17)14(13)19-15/h2-7H,1H3,(H,18,19). The van der Waals surface area contributed by atoms with E-state index in [0.717, 1.165) is 11.1 Å². The van der Waals surface area contributed by atoms with Crippen LogP contribution in [0.1, 0.15) is 11.1 Å². The summed E-state index contributed by atoms with van der Waals surface area (Å²) in [5, 5.41) is 9.05. The van der Waals surface area contributed by atoms with E-state index >= 15 is 0 Å². The summed E-state index contributed by atoms with van der Waals surface area (Å²) in [5.74, 6) is 0.274. The third-order valence-corrected chi connectivity index (χ3v) is 3.09. The number of benzene rings is 2. The van der Waals surface area contributed by atoms with E-state index in [9.17, 15) is 4.39 Å². The minimum absolute atomic E-state index is 0.304. The van der Waals surface area contributed by atoms with Crippen LogP contribution in [0.4, 0.5) is 4.39 Å². The highest BCUT2D eigenvalue weighted by atomic mass is 19.1.